The zero-order valence-corrected chi connectivity index (χ0v) is 12.9. The van der Waals surface area contributed by atoms with E-state index in [0.717, 1.165) is 25.0 Å². The Labute approximate surface area is 131 Å². The van der Waals surface area contributed by atoms with Crippen molar-refractivity contribution in [3.05, 3.63) is 42.4 Å². The Morgan fingerprint density at radius 3 is 2.86 bits per heavy atom. The lowest BCUT2D eigenvalue weighted by Crippen LogP contribution is -2.26. The Bertz CT molecular complexity index is 642. The van der Waals surface area contributed by atoms with Crippen molar-refractivity contribution in [2.24, 2.45) is 5.92 Å². The molecule has 1 saturated carbocycles. The molecule has 3 heteroatoms. The van der Waals surface area contributed by atoms with Crippen LogP contribution in [0, 0.1) is 5.92 Å². The lowest BCUT2D eigenvalue weighted by molar-refractivity contribution is 0.150. The lowest BCUT2D eigenvalue weighted by atomic mass is 9.82. The normalized spacial score (nSPS) is 22.9. The highest BCUT2D eigenvalue weighted by Crippen LogP contribution is 2.39. The van der Waals surface area contributed by atoms with Gasteiger partial charge in [-0.2, -0.15) is 0 Å². The third-order valence-corrected chi connectivity index (χ3v) is 5.47. The van der Waals surface area contributed by atoms with E-state index in [9.17, 15) is 4.39 Å². The minimum absolute atomic E-state index is 0.212. The molecule has 1 aromatic carbocycles. The highest BCUT2D eigenvalue weighted by molar-refractivity contribution is 5.65. The number of alkyl halides is 1. The Morgan fingerprint density at radius 2 is 2.00 bits per heavy atom. The van der Waals surface area contributed by atoms with E-state index in [-0.39, 0.29) is 12.0 Å². The van der Waals surface area contributed by atoms with Gasteiger partial charge in [-0.25, -0.2) is 9.37 Å². The number of halogens is 1. The third-order valence-electron chi connectivity index (χ3n) is 5.47. The van der Waals surface area contributed by atoms with Gasteiger partial charge in [-0.3, -0.25) is 0 Å². The molecule has 116 valence electrons. The molecule has 0 radical (unpaired) electrons. The average Bonchev–Trinajstić information content (AvgIpc) is 3.06. The number of benzene rings is 1. The summed E-state index contributed by atoms with van der Waals surface area (Å²) in [6.07, 6.45) is 10.5. The maximum Gasteiger partial charge on any atom is 0.105 e. The molecule has 1 fully saturated rings. The molecule has 1 aromatic heterocycles. The van der Waals surface area contributed by atoms with Crippen LogP contribution in [0.15, 0.2) is 36.8 Å². The first-order valence-electron chi connectivity index (χ1n) is 8.57. The summed E-state index contributed by atoms with van der Waals surface area (Å²) in [5.74, 6) is 0.276. The highest BCUT2D eigenvalue weighted by Gasteiger charge is 2.30. The van der Waals surface area contributed by atoms with Crippen LogP contribution in [-0.2, 0) is 6.42 Å². The van der Waals surface area contributed by atoms with E-state index in [1.54, 1.807) is 0 Å². The van der Waals surface area contributed by atoms with Crippen molar-refractivity contribution >= 4 is 0 Å². The zero-order chi connectivity index (χ0) is 14.9. The molecular weight excluding hydrogens is 275 g/mol. The molecule has 0 spiro atoms. The molecule has 2 aliphatic rings. The third kappa shape index (κ3) is 2.47. The van der Waals surface area contributed by atoms with Gasteiger partial charge < -0.3 is 4.57 Å². The summed E-state index contributed by atoms with van der Waals surface area (Å²) in [5.41, 5.74) is 3.73. The van der Waals surface area contributed by atoms with Crippen LogP contribution in [0.4, 0.5) is 4.39 Å². The Hall–Kier alpha value is -1.64. The summed E-state index contributed by atoms with van der Waals surface area (Å²) in [4.78, 5) is 4.31. The van der Waals surface area contributed by atoms with E-state index in [2.05, 4.69) is 33.8 Å². The summed E-state index contributed by atoms with van der Waals surface area (Å²) in [6, 6.07) is 8.68. The molecular formula is C19H23FN2. The number of aromatic nitrogens is 2. The predicted octanol–water partition coefficient (Wildman–Crippen LogP) is 4.96. The fourth-order valence-corrected chi connectivity index (χ4v) is 4.25. The molecule has 0 unspecified atom stereocenters. The van der Waals surface area contributed by atoms with Crippen molar-refractivity contribution in [1.29, 1.82) is 0 Å². The van der Waals surface area contributed by atoms with Gasteiger partial charge in [0.2, 0.25) is 0 Å². The van der Waals surface area contributed by atoms with Gasteiger partial charge in [0.25, 0.3) is 0 Å². The largest absolute Gasteiger partial charge is 0.327 e. The smallest absolute Gasteiger partial charge is 0.105 e. The maximum absolute atomic E-state index is 14.8. The maximum atomic E-state index is 14.8. The van der Waals surface area contributed by atoms with Gasteiger partial charge in [-0.05, 0) is 37.2 Å². The Morgan fingerprint density at radius 1 is 1.18 bits per heavy atom. The van der Waals surface area contributed by atoms with Crippen molar-refractivity contribution in [2.75, 3.05) is 0 Å². The zero-order valence-electron chi connectivity index (χ0n) is 12.9. The summed E-state index contributed by atoms with van der Waals surface area (Å²) in [5, 5.41) is 0. The topological polar surface area (TPSA) is 17.8 Å². The molecule has 4 rings (SSSR count). The second-order valence-corrected chi connectivity index (χ2v) is 6.85. The number of fused-ring (bicyclic) bond motifs is 3. The van der Waals surface area contributed by atoms with E-state index >= 15 is 0 Å². The van der Waals surface area contributed by atoms with Crippen LogP contribution in [0.3, 0.4) is 0 Å². The average molecular weight is 298 g/mol. The monoisotopic (exact) mass is 298 g/mol. The molecule has 0 saturated heterocycles. The highest BCUT2D eigenvalue weighted by atomic mass is 19.1. The van der Waals surface area contributed by atoms with Crippen LogP contribution in [-0.4, -0.2) is 15.7 Å². The Balaban J connectivity index is 1.56. The first kappa shape index (κ1) is 14.0. The van der Waals surface area contributed by atoms with Crippen LogP contribution in [0.25, 0.3) is 11.3 Å². The van der Waals surface area contributed by atoms with Gasteiger partial charge >= 0.3 is 0 Å². The van der Waals surface area contributed by atoms with Gasteiger partial charge in [-0.1, -0.05) is 43.5 Å². The van der Waals surface area contributed by atoms with Crippen molar-refractivity contribution < 1.29 is 4.39 Å². The van der Waals surface area contributed by atoms with Crippen LogP contribution >= 0.6 is 0 Å². The first-order valence-corrected chi connectivity index (χ1v) is 8.57. The number of nitrogens with zero attached hydrogens (tertiary/aromatic N) is 2. The number of hydrogen-bond donors (Lipinski definition) is 0. The predicted molar refractivity (Wildman–Crippen MR) is 86.5 cm³/mol. The van der Waals surface area contributed by atoms with Gasteiger partial charge in [0.05, 0.1) is 18.2 Å². The summed E-state index contributed by atoms with van der Waals surface area (Å²) in [7, 11) is 0. The number of rotatable bonds is 3. The van der Waals surface area contributed by atoms with Crippen molar-refractivity contribution in [3.63, 3.8) is 0 Å². The number of imidazole rings is 1. The molecule has 2 aromatic rings. The van der Waals surface area contributed by atoms with E-state index in [0.29, 0.717) is 6.42 Å². The quantitative estimate of drug-likeness (QED) is 0.783. The molecule has 2 atom stereocenters. The molecule has 2 nitrogen and oxygen atoms in total. The minimum atomic E-state index is -0.675. The van der Waals surface area contributed by atoms with E-state index in [1.807, 2.05) is 12.5 Å². The first-order chi connectivity index (χ1) is 10.8. The summed E-state index contributed by atoms with van der Waals surface area (Å²) in [6.45, 7) is 0. The fraction of sp³-hybridized carbons (Fsp3) is 0.526. The molecule has 2 heterocycles. The van der Waals surface area contributed by atoms with E-state index in [1.165, 1.54) is 30.4 Å². The molecule has 0 amide bonds. The standard InChI is InChI=1S/C19H23FN2/c20-18(14-6-2-1-3-7-14)11-16-10-15-8-4-5-9-17(15)19-12-21-13-22(16)19/h4-5,8-9,12-14,16,18H,1-3,6-7,10-11H2/t16-,18-/m0/s1. The molecule has 22 heavy (non-hydrogen) atoms. The van der Waals surface area contributed by atoms with Crippen LogP contribution in [0.2, 0.25) is 0 Å². The second kappa shape index (κ2) is 5.86. The SMILES string of the molecule is F[C@@H](C[C@@H]1Cc2ccccc2-c2cncn21)C1CCCCC1. The van der Waals surface area contributed by atoms with Crippen LogP contribution in [0.1, 0.15) is 50.1 Å². The molecule has 0 N–H and O–H groups in total. The van der Waals surface area contributed by atoms with Crippen molar-refractivity contribution in [1.82, 2.24) is 9.55 Å². The van der Waals surface area contributed by atoms with Gasteiger partial charge in [0.15, 0.2) is 0 Å². The molecule has 0 bridgehead atoms. The van der Waals surface area contributed by atoms with Crippen molar-refractivity contribution in [3.8, 4) is 11.3 Å². The van der Waals surface area contributed by atoms with Gasteiger partial charge in [0, 0.05) is 11.6 Å². The van der Waals surface area contributed by atoms with E-state index in [4.69, 9.17) is 0 Å². The van der Waals surface area contributed by atoms with Crippen LogP contribution in [0.5, 0.6) is 0 Å². The second-order valence-electron chi connectivity index (χ2n) is 6.85. The van der Waals surface area contributed by atoms with Gasteiger partial charge in [-0.15, -0.1) is 0 Å². The molecule has 1 aliphatic heterocycles. The van der Waals surface area contributed by atoms with Crippen LogP contribution < -0.4 is 0 Å². The van der Waals surface area contributed by atoms with Gasteiger partial charge in [0.1, 0.15) is 6.17 Å². The van der Waals surface area contributed by atoms with E-state index < -0.39 is 6.17 Å². The number of hydrogen-bond acceptors (Lipinski definition) is 1. The van der Waals surface area contributed by atoms with Crippen molar-refractivity contribution in [2.45, 2.75) is 57.2 Å². The summed E-state index contributed by atoms with van der Waals surface area (Å²) >= 11 is 0. The Kier molecular flexibility index (Phi) is 3.73. The summed E-state index contributed by atoms with van der Waals surface area (Å²) < 4.78 is 17.0. The molecule has 1 aliphatic carbocycles. The lowest BCUT2D eigenvalue weighted by Gasteiger charge is -2.32. The minimum Gasteiger partial charge on any atom is -0.327 e. The fourth-order valence-electron chi connectivity index (χ4n) is 4.25.